The molecule has 3 aromatic rings. The fourth-order valence-electron chi connectivity index (χ4n) is 5.19. The van der Waals surface area contributed by atoms with E-state index in [0.29, 0.717) is 64.9 Å². The topological polar surface area (TPSA) is 136 Å². The lowest BCUT2D eigenvalue weighted by Gasteiger charge is -2.32. The number of nitrogens with zero attached hydrogens (tertiary/aromatic N) is 6. The zero-order valence-corrected chi connectivity index (χ0v) is 26.2. The van der Waals surface area contributed by atoms with Gasteiger partial charge in [-0.2, -0.15) is 0 Å². The number of oxime groups is 1. The number of primary amides is 1. The van der Waals surface area contributed by atoms with Crippen LogP contribution in [0.1, 0.15) is 33.1 Å². The van der Waals surface area contributed by atoms with Gasteiger partial charge < -0.3 is 29.9 Å². The summed E-state index contributed by atoms with van der Waals surface area (Å²) in [7, 11) is 3.21. The number of hydrogen-bond donors (Lipinski definition) is 1. The predicted octanol–water partition coefficient (Wildman–Crippen LogP) is 4.62. The Morgan fingerprint density at radius 1 is 1.20 bits per heavy atom. The molecule has 0 spiro atoms. The van der Waals surface area contributed by atoms with E-state index in [-0.39, 0.29) is 12.3 Å². The summed E-state index contributed by atoms with van der Waals surface area (Å²) in [5, 5.41) is 4.08. The molecule has 13 heteroatoms. The van der Waals surface area contributed by atoms with Gasteiger partial charge in [0.2, 0.25) is 12.3 Å². The molecule has 242 valence electrons. The van der Waals surface area contributed by atoms with Crippen molar-refractivity contribution >= 4 is 47.7 Å². The van der Waals surface area contributed by atoms with Gasteiger partial charge in [-0.1, -0.05) is 25.1 Å². The third kappa shape index (κ3) is 9.24. The standard InChI is InChI=1S/C31H38F2N6O3.CH3NO/c1-20(2)31(42-34-3)35-17-21-8-12-39(13-9-21)30-26-16-23(32)15-25(29(26)36-19-37-30)22-6-7-28(27(33)14-22)38(4)11-10-24(18-40)41-5;2-1-3/h6-7,14-16,18-21,24H,3,8-13,17H2,1-2,4-5H3;1H,(H2,2,3). The number of aldehydes is 1. The minimum atomic E-state index is -0.547. The first-order valence-corrected chi connectivity index (χ1v) is 14.7. The molecule has 0 radical (unpaired) electrons. The summed E-state index contributed by atoms with van der Waals surface area (Å²) in [6, 6.07) is 7.61. The van der Waals surface area contributed by atoms with Crippen LogP contribution in [0.3, 0.4) is 0 Å². The highest BCUT2D eigenvalue weighted by Crippen LogP contribution is 2.35. The summed E-state index contributed by atoms with van der Waals surface area (Å²) < 4.78 is 35.4. The molecule has 1 unspecified atom stereocenters. The second-order valence-electron chi connectivity index (χ2n) is 11.0. The molecule has 0 bridgehead atoms. The number of aliphatic imine (C=N–C) groups is 1. The van der Waals surface area contributed by atoms with Crippen molar-refractivity contribution in [2.45, 2.75) is 39.2 Å². The van der Waals surface area contributed by atoms with Crippen molar-refractivity contribution in [1.29, 1.82) is 0 Å². The van der Waals surface area contributed by atoms with Crippen LogP contribution in [0.4, 0.5) is 20.3 Å². The van der Waals surface area contributed by atoms with E-state index in [1.165, 1.54) is 31.6 Å². The maximum Gasteiger partial charge on any atom is 0.222 e. The minimum Gasteiger partial charge on any atom is -0.374 e. The van der Waals surface area contributed by atoms with Gasteiger partial charge in [-0.05, 0) is 55.0 Å². The fourth-order valence-corrected chi connectivity index (χ4v) is 5.19. The number of fused-ring (bicyclic) bond motifs is 1. The summed E-state index contributed by atoms with van der Waals surface area (Å²) in [5.41, 5.74) is 6.09. The van der Waals surface area contributed by atoms with Gasteiger partial charge in [0.15, 0.2) is 0 Å². The van der Waals surface area contributed by atoms with Crippen LogP contribution in [0, 0.1) is 23.5 Å². The molecule has 1 atom stereocenters. The van der Waals surface area contributed by atoms with Gasteiger partial charge in [0.1, 0.15) is 36.2 Å². The van der Waals surface area contributed by atoms with Crippen LogP contribution in [0.2, 0.25) is 0 Å². The second-order valence-corrected chi connectivity index (χ2v) is 11.0. The fraction of sp³-hybridized carbons (Fsp3) is 0.438. The highest BCUT2D eigenvalue weighted by molar-refractivity contribution is 5.99. The molecule has 2 heterocycles. The molecule has 45 heavy (non-hydrogen) atoms. The van der Waals surface area contributed by atoms with Crippen molar-refractivity contribution in [1.82, 2.24) is 9.97 Å². The monoisotopic (exact) mass is 625 g/mol. The van der Waals surface area contributed by atoms with Crippen LogP contribution in [-0.4, -0.2) is 81.7 Å². The number of ether oxygens (including phenoxy) is 1. The molecule has 1 aliphatic heterocycles. The van der Waals surface area contributed by atoms with Crippen LogP contribution < -0.4 is 15.5 Å². The third-order valence-electron chi connectivity index (χ3n) is 7.63. The Hall–Kier alpha value is -4.52. The maximum atomic E-state index is 15.3. The Balaban J connectivity index is 0.00000177. The number of rotatable bonds is 12. The average molecular weight is 626 g/mol. The number of amides is 1. The van der Waals surface area contributed by atoms with Gasteiger partial charge in [0, 0.05) is 63.9 Å². The van der Waals surface area contributed by atoms with Gasteiger partial charge in [-0.25, -0.2) is 18.7 Å². The summed E-state index contributed by atoms with van der Waals surface area (Å²) >= 11 is 0. The Kier molecular flexibility index (Phi) is 13.3. The molecular formula is C32H41F2N7O4. The highest BCUT2D eigenvalue weighted by Gasteiger charge is 2.24. The third-order valence-corrected chi connectivity index (χ3v) is 7.63. The summed E-state index contributed by atoms with van der Waals surface area (Å²) in [5.74, 6) is 0.824. The molecular weight excluding hydrogens is 584 g/mol. The Morgan fingerprint density at radius 2 is 1.91 bits per heavy atom. The number of hydrogen-bond acceptors (Lipinski definition) is 10. The minimum absolute atomic E-state index is 0.120. The number of halogens is 2. The molecule has 0 saturated carbocycles. The van der Waals surface area contributed by atoms with Gasteiger partial charge in [0.05, 0.1) is 11.2 Å². The van der Waals surface area contributed by atoms with Crippen molar-refractivity contribution in [3.8, 4) is 11.1 Å². The Morgan fingerprint density at radius 3 is 2.51 bits per heavy atom. The zero-order chi connectivity index (χ0) is 32.9. The lowest BCUT2D eigenvalue weighted by atomic mass is 9.96. The molecule has 1 saturated heterocycles. The molecule has 1 fully saturated rings. The van der Waals surface area contributed by atoms with Crippen LogP contribution in [0.15, 0.2) is 46.8 Å². The molecule has 4 rings (SSSR count). The van der Waals surface area contributed by atoms with Crippen LogP contribution in [-0.2, 0) is 19.2 Å². The zero-order valence-electron chi connectivity index (χ0n) is 26.2. The summed E-state index contributed by atoms with van der Waals surface area (Å²) in [4.78, 5) is 42.3. The number of carbonyl (C=O) groups is 2. The number of nitrogens with two attached hydrogens (primary N) is 1. The first-order valence-electron chi connectivity index (χ1n) is 14.7. The maximum absolute atomic E-state index is 15.3. The van der Waals surface area contributed by atoms with E-state index in [2.05, 4.69) is 37.5 Å². The number of methoxy groups -OCH3 is 1. The van der Waals surface area contributed by atoms with Crippen molar-refractivity contribution in [3.63, 3.8) is 0 Å². The Bertz CT molecular complexity index is 1480. The van der Waals surface area contributed by atoms with E-state index in [1.54, 1.807) is 24.1 Å². The van der Waals surface area contributed by atoms with E-state index in [1.807, 2.05) is 13.8 Å². The predicted molar refractivity (Wildman–Crippen MR) is 173 cm³/mol. The lowest BCUT2D eigenvalue weighted by Crippen LogP contribution is -2.35. The van der Waals surface area contributed by atoms with Crippen LogP contribution in [0.25, 0.3) is 22.0 Å². The van der Waals surface area contributed by atoms with Gasteiger partial charge in [-0.3, -0.25) is 9.79 Å². The number of carbonyl (C=O) groups excluding carboxylic acids is 2. The number of piperidine rings is 1. The number of anilines is 2. The van der Waals surface area contributed by atoms with Crippen molar-refractivity contribution in [2.24, 2.45) is 27.7 Å². The second kappa shape index (κ2) is 17.1. The Labute approximate surface area is 262 Å². The van der Waals surface area contributed by atoms with Gasteiger partial charge in [0.25, 0.3) is 0 Å². The largest absolute Gasteiger partial charge is 0.374 e. The number of benzene rings is 2. The molecule has 0 aliphatic carbocycles. The highest BCUT2D eigenvalue weighted by atomic mass is 19.1. The van der Waals surface area contributed by atoms with E-state index in [0.717, 1.165) is 32.2 Å². The average Bonchev–Trinajstić information content (AvgIpc) is 3.03. The molecule has 1 aliphatic rings. The first kappa shape index (κ1) is 35.0. The van der Waals surface area contributed by atoms with E-state index >= 15 is 4.39 Å². The van der Waals surface area contributed by atoms with E-state index < -0.39 is 17.7 Å². The van der Waals surface area contributed by atoms with Crippen molar-refractivity contribution in [3.05, 3.63) is 48.3 Å². The molecule has 2 N–H and O–H groups in total. The van der Waals surface area contributed by atoms with Gasteiger partial charge >= 0.3 is 0 Å². The van der Waals surface area contributed by atoms with E-state index in [9.17, 15) is 9.18 Å². The summed E-state index contributed by atoms with van der Waals surface area (Å²) in [6.45, 7) is 9.91. The molecule has 11 nitrogen and oxygen atoms in total. The van der Waals surface area contributed by atoms with Crippen molar-refractivity contribution < 1.29 is 27.9 Å². The van der Waals surface area contributed by atoms with E-state index in [4.69, 9.17) is 14.4 Å². The molecule has 1 amide bonds. The van der Waals surface area contributed by atoms with Gasteiger partial charge in [-0.15, -0.1) is 0 Å². The molecule has 2 aromatic carbocycles. The van der Waals surface area contributed by atoms with Crippen molar-refractivity contribution in [2.75, 3.05) is 50.1 Å². The quantitative estimate of drug-likeness (QED) is 0.133. The lowest BCUT2D eigenvalue weighted by molar-refractivity contribution is -0.116. The normalized spacial score (nSPS) is 14.5. The SMILES string of the molecule is C=NOC(=NCC1CCN(c2ncnc3c(-c4ccc(N(C)CCC(C=O)OC)c(F)c4)cc(F)cc23)CC1)C(C)C.NC=O. The summed E-state index contributed by atoms with van der Waals surface area (Å²) in [6.07, 6.45) is 4.12. The van der Waals surface area contributed by atoms with Crippen LogP contribution in [0.5, 0.6) is 0 Å². The first-order chi connectivity index (χ1) is 21.7. The van der Waals surface area contributed by atoms with Crippen LogP contribution >= 0.6 is 0 Å². The molecule has 1 aromatic heterocycles. The smallest absolute Gasteiger partial charge is 0.222 e. The number of aromatic nitrogens is 2.